The summed E-state index contributed by atoms with van der Waals surface area (Å²) in [5.74, 6) is -0.0825. The molecule has 2 aromatic rings. The SMILES string of the molecule is CC(C)(C)c1cc(CN)c(O)c(C(=O)Cc2ccccc2)c1. The van der Waals surface area contributed by atoms with Gasteiger partial charge in [-0.1, -0.05) is 57.2 Å². The van der Waals surface area contributed by atoms with Gasteiger partial charge in [0.25, 0.3) is 0 Å². The third-order valence-electron chi connectivity index (χ3n) is 3.78. The molecule has 2 rings (SSSR count). The van der Waals surface area contributed by atoms with Crippen LogP contribution >= 0.6 is 0 Å². The Morgan fingerprint density at radius 2 is 1.77 bits per heavy atom. The molecule has 0 radical (unpaired) electrons. The summed E-state index contributed by atoms with van der Waals surface area (Å²) < 4.78 is 0. The Bertz CT molecular complexity index is 670. The van der Waals surface area contributed by atoms with Crippen molar-refractivity contribution in [1.82, 2.24) is 0 Å². The summed E-state index contributed by atoms with van der Waals surface area (Å²) in [6.45, 7) is 6.43. The van der Waals surface area contributed by atoms with E-state index in [1.54, 1.807) is 6.07 Å². The summed E-state index contributed by atoms with van der Waals surface area (Å²) in [6, 6.07) is 13.2. The van der Waals surface area contributed by atoms with Gasteiger partial charge in [0.15, 0.2) is 5.78 Å². The number of phenolic OH excluding ortho intramolecular Hbond substituents is 1. The number of carbonyl (C=O) groups excluding carboxylic acids is 1. The average molecular weight is 297 g/mol. The van der Waals surface area contributed by atoms with Crippen molar-refractivity contribution in [3.05, 3.63) is 64.7 Å². The second-order valence-corrected chi connectivity index (χ2v) is 6.57. The molecule has 0 atom stereocenters. The molecule has 0 saturated carbocycles. The fourth-order valence-corrected chi connectivity index (χ4v) is 2.37. The predicted octanol–water partition coefficient (Wildman–Crippen LogP) is 3.57. The largest absolute Gasteiger partial charge is 0.507 e. The first-order valence-electron chi connectivity index (χ1n) is 7.46. The standard InChI is InChI=1S/C19H23NO2/c1-19(2,3)15-10-14(12-20)18(22)16(11-15)17(21)9-13-7-5-4-6-8-13/h4-8,10-11,22H,9,12,20H2,1-3H3. The molecular formula is C19H23NO2. The highest BCUT2D eigenvalue weighted by molar-refractivity contribution is 6.00. The first-order chi connectivity index (χ1) is 10.3. The van der Waals surface area contributed by atoms with E-state index in [1.807, 2.05) is 36.4 Å². The number of benzene rings is 2. The number of aromatic hydroxyl groups is 1. The van der Waals surface area contributed by atoms with Gasteiger partial charge >= 0.3 is 0 Å². The molecule has 0 saturated heterocycles. The van der Waals surface area contributed by atoms with E-state index in [1.165, 1.54) is 0 Å². The first-order valence-corrected chi connectivity index (χ1v) is 7.46. The third-order valence-corrected chi connectivity index (χ3v) is 3.78. The Hall–Kier alpha value is -2.13. The van der Waals surface area contributed by atoms with E-state index < -0.39 is 0 Å². The van der Waals surface area contributed by atoms with Crippen molar-refractivity contribution >= 4 is 5.78 Å². The van der Waals surface area contributed by atoms with Gasteiger partial charge in [0.05, 0.1) is 5.56 Å². The van der Waals surface area contributed by atoms with Crippen molar-refractivity contribution < 1.29 is 9.90 Å². The van der Waals surface area contributed by atoms with Gasteiger partial charge in [0.2, 0.25) is 0 Å². The number of phenols is 1. The maximum Gasteiger partial charge on any atom is 0.170 e. The topological polar surface area (TPSA) is 63.3 Å². The Kier molecular flexibility index (Phi) is 4.67. The van der Waals surface area contributed by atoms with Crippen LogP contribution in [-0.4, -0.2) is 10.9 Å². The minimum Gasteiger partial charge on any atom is -0.507 e. The zero-order valence-electron chi connectivity index (χ0n) is 13.4. The van der Waals surface area contributed by atoms with Crippen molar-refractivity contribution in [3.8, 4) is 5.75 Å². The summed E-state index contributed by atoms with van der Waals surface area (Å²) in [6.07, 6.45) is 0.270. The molecule has 0 amide bonds. The van der Waals surface area contributed by atoms with Crippen LogP contribution in [0.3, 0.4) is 0 Å². The van der Waals surface area contributed by atoms with Gasteiger partial charge in [0, 0.05) is 18.5 Å². The summed E-state index contributed by atoms with van der Waals surface area (Å²) >= 11 is 0. The molecule has 0 aliphatic carbocycles. The maximum absolute atomic E-state index is 12.6. The van der Waals surface area contributed by atoms with Crippen LogP contribution in [0.25, 0.3) is 0 Å². The zero-order chi connectivity index (χ0) is 16.3. The number of ketones is 1. The van der Waals surface area contributed by atoms with Crippen LogP contribution in [0.2, 0.25) is 0 Å². The molecule has 2 aromatic carbocycles. The number of hydrogen-bond acceptors (Lipinski definition) is 3. The van der Waals surface area contributed by atoms with Crippen LogP contribution in [-0.2, 0) is 18.4 Å². The average Bonchev–Trinajstić information content (AvgIpc) is 2.47. The normalized spacial score (nSPS) is 11.5. The number of hydrogen-bond donors (Lipinski definition) is 2. The van der Waals surface area contributed by atoms with E-state index in [-0.39, 0.29) is 29.9 Å². The molecule has 3 heteroatoms. The van der Waals surface area contributed by atoms with Crippen molar-refractivity contribution in [2.45, 2.75) is 39.2 Å². The molecule has 3 N–H and O–H groups in total. The molecule has 116 valence electrons. The highest BCUT2D eigenvalue weighted by Crippen LogP contribution is 2.31. The van der Waals surface area contributed by atoms with Gasteiger partial charge in [-0.05, 0) is 22.6 Å². The van der Waals surface area contributed by atoms with E-state index in [4.69, 9.17) is 5.73 Å². The molecule has 3 nitrogen and oxygen atoms in total. The van der Waals surface area contributed by atoms with Crippen LogP contribution in [0.4, 0.5) is 0 Å². The highest BCUT2D eigenvalue weighted by Gasteiger charge is 2.21. The highest BCUT2D eigenvalue weighted by atomic mass is 16.3. The molecule has 0 heterocycles. The molecule has 0 fully saturated rings. The van der Waals surface area contributed by atoms with E-state index in [9.17, 15) is 9.90 Å². The zero-order valence-corrected chi connectivity index (χ0v) is 13.4. The van der Waals surface area contributed by atoms with Crippen LogP contribution in [0.1, 0.15) is 47.8 Å². The van der Waals surface area contributed by atoms with Crippen molar-refractivity contribution in [1.29, 1.82) is 0 Å². The van der Waals surface area contributed by atoms with Gasteiger partial charge < -0.3 is 10.8 Å². The van der Waals surface area contributed by atoms with E-state index in [0.29, 0.717) is 11.1 Å². The lowest BCUT2D eigenvalue weighted by Crippen LogP contribution is -2.15. The van der Waals surface area contributed by atoms with Crippen molar-refractivity contribution in [2.75, 3.05) is 0 Å². The molecule has 0 unspecified atom stereocenters. The minimum atomic E-state index is -0.112. The molecule has 0 spiro atoms. The van der Waals surface area contributed by atoms with Gasteiger partial charge in [-0.2, -0.15) is 0 Å². The lowest BCUT2D eigenvalue weighted by molar-refractivity contribution is 0.0990. The molecule has 0 aliphatic heterocycles. The smallest absolute Gasteiger partial charge is 0.170 e. The summed E-state index contributed by atoms with van der Waals surface area (Å²) in [5.41, 5.74) is 8.51. The molecule has 22 heavy (non-hydrogen) atoms. The van der Waals surface area contributed by atoms with E-state index in [0.717, 1.165) is 11.1 Å². The number of rotatable bonds is 4. The lowest BCUT2D eigenvalue weighted by atomic mass is 9.83. The van der Waals surface area contributed by atoms with Gasteiger partial charge in [-0.3, -0.25) is 4.79 Å². The van der Waals surface area contributed by atoms with Crippen LogP contribution in [0.15, 0.2) is 42.5 Å². The number of carbonyl (C=O) groups is 1. The van der Waals surface area contributed by atoms with Crippen LogP contribution < -0.4 is 5.73 Å². The van der Waals surface area contributed by atoms with Gasteiger partial charge in [0.1, 0.15) is 5.75 Å². The van der Waals surface area contributed by atoms with Crippen LogP contribution in [0, 0.1) is 0 Å². The van der Waals surface area contributed by atoms with Crippen molar-refractivity contribution in [3.63, 3.8) is 0 Å². The quantitative estimate of drug-likeness (QED) is 0.848. The minimum absolute atomic E-state index is 0.0106. The Morgan fingerprint density at radius 1 is 1.14 bits per heavy atom. The van der Waals surface area contributed by atoms with E-state index >= 15 is 0 Å². The second-order valence-electron chi connectivity index (χ2n) is 6.57. The van der Waals surface area contributed by atoms with Gasteiger partial charge in [-0.15, -0.1) is 0 Å². The Labute approximate surface area is 131 Å². The first kappa shape index (κ1) is 16.2. The van der Waals surface area contributed by atoms with Crippen LogP contribution in [0.5, 0.6) is 5.75 Å². The molecule has 0 aromatic heterocycles. The molecular weight excluding hydrogens is 274 g/mol. The van der Waals surface area contributed by atoms with Crippen molar-refractivity contribution in [2.24, 2.45) is 5.73 Å². The second kappa shape index (κ2) is 6.32. The molecule has 0 aliphatic rings. The predicted molar refractivity (Wildman–Crippen MR) is 89.2 cm³/mol. The van der Waals surface area contributed by atoms with E-state index in [2.05, 4.69) is 20.8 Å². The maximum atomic E-state index is 12.6. The Morgan fingerprint density at radius 3 is 2.32 bits per heavy atom. The molecule has 0 bridgehead atoms. The van der Waals surface area contributed by atoms with Gasteiger partial charge in [-0.25, -0.2) is 0 Å². The fourth-order valence-electron chi connectivity index (χ4n) is 2.37. The lowest BCUT2D eigenvalue weighted by Gasteiger charge is -2.22. The summed E-state index contributed by atoms with van der Waals surface area (Å²) in [5, 5.41) is 10.3. The third kappa shape index (κ3) is 3.55. The monoisotopic (exact) mass is 297 g/mol. The number of nitrogens with two attached hydrogens (primary N) is 1. The Balaban J connectivity index is 2.43. The summed E-state index contributed by atoms with van der Waals surface area (Å²) in [4.78, 5) is 12.6. The number of Topliss-reactive ketones (excluding diaryl/α,β-unsaturated/α-hetero) is 1. The fraction of sp³-hybridized carbons (Fsp3) is 0.316. The summed E-state index contributed by atoms with van der Waals surface area (Å²) in [7, 11) is 0.